The highest BCUT2D eigenvalue weighted by Gasteiger charge is 2.61. The summed E-state index contributed by atoms with van der Waals surface area (Å²) in [6, 6.07) is 3.77. The molecule has 1 amide bonds. The van der Waals surface area contributed by atoms with Gasteiger partial charge in [0.05, 0.1) is 23.8 Å². The van der Waals surface area contributed by atoms with Gasteiger partial charge in [0, 0.05) is 113 Å². The Morgan fingerprint density at radius 2 is 1.13 bits per heavy atom. The molecular formula is C34H45F3N14O. The molecule has 4 aromatic rings. The van der Waals surface area contributed by atoms with Crippen LogP contribution in [0.3, 0.4) is 0 Å². The van der Waals surface area contributed by atoms with Crippen LogP contribution in [-0.2, 0) is 18.9 Å². The number of nitrogens with zero attached hydrogens (tertiary/aromatic N) is 11. The number of anilines is 6. The lowest BCUT2D eigenvalue weighted by Gasteiger charge is -2.30. The second-order valence-corrected chi connectivity index (χ2v) is 15.7. The summed E-state index contributed by atoms with van der Waals surface area (Å²) in [4.78, 5) is 34.9. The number of hydrogen-bond acceptors (Lipinski definition) is 12. The molecule has 0 saturated carbocycles. The van der Waals surface area contributed by atoms with Gasteiger partial charge in [0.1, 0.15) is 11.6 Å². The predicted molar refractivity (Wildman–Crippen MR) is 189 cm³/mol. The molecule has 278 valence electrons. The number of alkyl halides is 3. The summed E-state index contributed by atoms with van der Waals surface area (Å²) in [6.07, 6.45) is 5.74. The molecule has 18 heteroatoms. The van der Waals surface area contributed by atoms with Crippen molar-refractivity contribution < 1.29 is 18.0 Å². The molecule has 4 fully saturated rings. The fourth-order valence-corrected chi connectivity index (χ4v) is 8.14. The van der Waals surface area contributed by atoms with Crippen molar-refractivity contribution in [3.63, 3.8) is 0 Å². The monoisotopic (exact) mass is 722 g/mol. The van der Waals surface area contributed by atoms with E-state index in [2.05, 4.69) is 59.8 Å². The first-order valence-electron chi connectivity index (χ1n) is 17.2. The number of likely N-dealkylation sites (tertiary alicyclic amines) is 1. The lowest BCUT2D eigenvalue weighted by molar-refractivity contribution is -0.184. The Morgan fingerprint density at radius 1 is 0.712 bits per heavy atom. The van der Waals surface area contributed by atoms with E-state index in [1.807, 2.05) is 44.3 Å². The third kappa shape index (κ3) is 6.59. The summed E-state index contributed by atoms with van der Waals surface area (Å²) in [5.74, 6) is 0.948. The van der Waals surface area contributed by atoms with E-state index in [9.17, 15) is 18.0 Å². The lowest BCUT2D eigenvalue weighted by Crippen LogP contribution is -2.42. The Labute approximate surface area is 300 Å². The normalized spacial score (nSPS) is 28.1. The van der Waals surface area contributed by atoms with Crippen LogP contribution in [0.5, 0.6) is 0 Å². The zero-order chi connectivity index (χ0) is 37.1. The number of fused-ring (bicyclic) bond motifs is 2. The van der Waals surface area contributed by atoms with E-state index in [-0.39, 0.29) is 13.1 Å². The number of hydrogen-bond donors (Lipinski definition) is 3. The number of carbonyl (C=O) groups is 1. The van der Waals surface area contributed by atoms with E-state index in [4.69, 9.17) is 4.98 Å². The number of carbonyl (C=O) groups excluding carboxylic acids is 1. The molecule has 0 unspecified atom stereocenters. The molecule has 8 heterocycles. The predicted octanol–water partition coefficient (Wildman–Crippen LogP) is 3.58. The Kier molecular flexibility index (Phi) is 8.58. The van der Waals surface area contributed by atoms with Crippen LogP contribution in [0.4, 0.5) is 48.1 Å². The lowest BCUT2D eigenvalue weighted by atomic mass is 9.71. The molecule has 3 N–H and O–H groups in total. The van der Waals surface area contributed by atoms with E-state index in [1.165, 1.54) is 0 Å². The zero-order valence-corrected chi connectivity index (χ0v) is 30.2. The van der Waals surface area contributed by atoms with Gasteiger partial charge >= 0.3 is 12.1 Å². The molecule has 4 saturated heterocycles. The van der Waals surface area contributed by atoms with Crippen LogP contribution in [0, 0.1) is 21.7 Å². The molecule has 0 aliphatic carbocycles. The van der Waals surface area contributed by atoms with Crippen LogP contribution >= 0.6 is 0 Å². The van der Waals surface area contributed by atoms with E-state index in [0.717, 1.165) is 48.3 Å². The maximum absolute atomic E-state index is 12.9. The minimum absolute atomic E-state index is 0.0736. The summed E-state index contributed by atoms with van der Waals surface area (Å²) in [5.41, 5.74) is 1.32. The van der Waals surface area contributed by atoms with Crippen molar-refractivity contribution in [1.82, 2.24) is 49.7 Å². The topological polar surface area (TPSA) is 150 Å². The van der Waals surface area contributed by atoms with E-state index >= 15 is 0 Å². The minimum atomic E-state index is -4.84. The Morgan fingerprint density at radius 3 is 1.52 bits per heavy atom. The molecular weight excluding hydrogens is 677 g/mol. The molecule has 15 nitrogen and oxygen atoms in total. The molecule has 0 radical (unpaired) electrons. The largest absolute Gasteiger partial charge is 0.471 e. The van der Waals surface area contributed by atoms with Crippen molar-refractivity contribution in [2.45, 2.75) is 33.9 Å². The van der Waals surface area contributed by atoms with Crippen LogP contribution in [0.15, 0.2) is 49.3 Å². The van der Waals surface area contributed by atoms with Gasteiger partial charge in [-0.15, -0.1) is 0 Å². The summed E-state index contributed by atoms with van der Waals surface area (Å²) >= 11 is 0. The molecule has 0 aromatic carbocycles. The third-order valence-corrected chi connectivity index (χ3v) is 11.6. The van der Waals surface area contributed by atoms with Gasteiger partial charge in [0.2, 0.25) is 11.9 Å². The van der Waals surface area contributed by atoms with Crippen molar-refractivity contribution in [3.05, 3.63) is 49.3 Å². The second kappa shape index (κ2) is 12.6. The summed E-state index contributed by atoms with van der Waals surface area (Å²) in [5, 5.41) is 18.1. The van der Waals surface area contributed by atoms with Gasteiger partial charge in [-0.05, 0) is 12.1 Å². The fourth-order valence-electron chi connectivity index (χ4n) is 8.14. The van der Waals surface area contributed by atoms with Crippen LogP contribution in [0.25, 0.3) is 0 Å². The molecule has 0 bridgehead atoms. The quantitative estimate of drug-likeness (QED) is 0.267. The molecule has 4 atom stereocenters. The molecule has 4 aromatic heterocycles. The first-order chi connectivity index (χ1) is 24.5. The standard InChI is InChI=1S/C18H22F3N7O.C16H23N7/c1-16-8-27(9-17(16,2)11-28(10-16)14(29)18(19,20)21)13-4-5-22-15(25-13)24-12-6-23-26(3)7-12;1-15-8-17-9-16(15,2)11-23(10-15)13-4-5-18-14(21-13)20-12-6-19-22(3)7-12/h4-7H,8-11H2,1-3H3,(H,22,24,25);4-7,17H,8-11H2,1-3H3,(H,18,20,21)/t16-,17+;15-,16+. The Balaban J connectivity index is 0.000000166. The summed E-state index contributed by atoms with van der Waals surface area (Å²) in [7, 11) is 3.69. The van der Waals surface area contributed by atoms with Gasteiger partial charge in [0.15, 0.2) is 0 Å². The molecule has 52 heavy (non-hydrogen) atoms. The van der Waals surface area contributed by atoms with E-state index in [1.54, 1.807) is 47.3 Å². The number of nitrogens with one attached hydrogen (secondary N) is 3. The molecule has 4 aliphatic heterocycles. The van der Waals surface area contributed by atoms with Gasteiger partial charge in [-0.25, -0.2) is 9.97 Å². The molecule has 4 aliphatic rings. The first kappa shape index (κ1) is 35.4. The number of aromatic nitrogens is 8. The third-order valence-electron chi connectivity index (χ3n) is 11.6. The van der Waals surface area contributed by atoms with E-state index in [0.29, 0.717) is 41.6 Å². The van der Waals surface area contributed by atoms with Crippen molar-refractivity contribution in [2.24, 2.45) is 35.8 Å². The summed E-state index contributed by atoms with van der Waals surface area (Å²) in [6.45, 7) is 14.0. The highest BCUT2D eigenvalue weighted by atomic mass is 19.4. The minimum Gasteiger partial charge on any atom is -0.355 e. The van der Waals surface area contributed by atoms with Crippen LogP contribution < -0.4 is 25.8 Å². The smallest absolute Gasteiger partial charge is 0.355 e. The zero-order valence-electron chi connectivity index (χ0n) is 30.2. The molecule has 8 rings (SSSR count). The Bertz CT molecular complexity index is 1910. The highest BCUT2D eigenvalue weighted by molar-refractivity contribution is 5.82. The number of halogens is 3. The van der Waals surface area contributed by atoms with Gasteiger partial charge < -0.3 is 30.7 Å². The van der Waals surface area contributed by atoms with Crippen LogP contribution in [0.2, 0.25) is 0 Å². The highest BCUT2D eigenvalue weighted by Crippen LogP contribution is 2.53. The average Bonchev–Trinajstić information content (AvgIpc) is 3.88. The second-order valence-electron chi connectivity index (χ2n) is 15.7. The van der Waals surface area contributed by atoms with Crippen molar-refractivity contribution in [1.29, 1.82) is 0 Å². The van der Waals surface area contributed by atoms with E-state index < -0.39 is 22.9 Å². The first-order valence-corrected chi connectivity index (χ1v) is 17.2. The summed E-state index contributed by atoms with van der Waals surface area (Å²) < 4.78 is 42.0. The van der Waals surface area contributed by atoms with Gasteiger partial charge in [-0.3, -0.25) is 14.2 Å². The SMILES string of the molecule is Cn1cc(Nc2nccc(N3C[C@]4(C)CN(C(=O)C(F)(F)F)C[C@]4(C)C3)n2)cn1.Cn1cc(Nc2nccc(N3C[C@]4(C)CNC[C@]4(C)C3)n2)cn1. The number of rotatable bonds is 6. The van der Waals surface area contributed by atoms with Crippen LogP contribution in [0.1, 0.15) is 27.7 Å². The van der Waals surface area contributed by atoms with Gasteiger partial charge in [-0.1, -0.05) is 27.7 Å². The average molecular weight is 723 g/mol. The molecule has 0 spiro atoms. The van der Waals surface area contributed by atoms with Crippen molar-refractivity contribution in [3.8, 4) is 0 Å². The van der Waals surface area contributed by atoms with Crippen molar-refractivity contribution >= 4 is 40.8 Å². The maximum atomic E-state index is 12.9. The van der Waals surface area contributed by atoms with Crippen LogP contribution in [-0.4, -0.2) is 109 Å². The van der Waals surface area contributed by atoms with Gasteiger partial charge in [0.25, 0.3) is 0 Å². The number of aryl methyl sites for hydroxylation is 2. The number of amides is 1. The maximum Gasteiger partial charge on any atom is 0.471 e. The Hall–Kier alpha value is -5.00. The van der Waals surface area contributed by atoms with Gasteiger partial charge in [-0.2, -0.15) is 33.3 Å². The fraction of sp³-hybridized carbons (Fsp3) is 0.559. The van der Waals surface area contributed by atoms with Crippen molar-refractivity contribution in [2.75, 3.05) is 72.8 Å².